The second kappa shape index (κ2) is 7.42. The molecule has 1 aromatic rings. The van der Waals surface area contributed by atoms with Gasteiger partial charge in [-0.25, -0.2) is 0 Å². The first-order chi connectivity index (χ1) is 8.58. The Bertz CT molecular complexity index is 360. The Balaban J connectivity index is 2.73. The number of benzene rings is 1. The van der Waals surface area contributed by atoms with Gasteiger partial charge in [-0.15, -0.1) is 0 Å². The molecular weight excluding hydrogens is 222 g/mol. The van der Waals surface area contributed by atoms with Gasteiger partial charge in [-0.3, -0.25) is 0 Å². The largest absolute Gasteiger partial charge is 0.492 e. The Kier molecular flexibility index (Phi) is 6.20. The molecule has 0 aliphatic carbocycles. The average Bonchev–Trinajstić information content (AvgIpc) is 2.34. The van der Waals surface area contributed by atoms with Crippen molar-refractivity contribution in [2.24, 2.45) is 0 Å². The molecule has 2 heteroatoms. The van der Waals surface area contributed by atoms with Gasteiger partial charge in [0.05, 0.1) is 0 Å². The van der Waals surface area contributed by atoms with Crippen LogP contribution in [0.2, 0.25) is 0 Å². The van der Waals surface area contributed by atoms with E-state index in [9.17, 15) is 0 Å². The van der Waals surface area contributed by atoms with Crippen molar-refractivity contribution in [3.8, 4) is 5.75 Å². The molecular formula is C16H27NO. The third-order valence-corrected chi connectivity index (χ3v) is 3.22. The summed E-state index contributed by atoms with van der Waals surface area (Å²) in [5.41, 5.74) is 2.55. The molecule has 0 amide bonds. The Morgan fingerprint density at radius 2 is 1.94 bits per heavy atom. The Hall–Kier alpha value is -1.02. The third-order valence-electron chi connectivity index (χ3n) is 3.22. The molecule has 0 fully saturated rings. The smallest absolute Gasteiger partial charge is 0.123 e. The van der Waals surface area contributed by atoms with E-state index in [0.29, 0.717) is 12.0 Å². The fraction of sp³-hybridized carbons (Fsp3) is 0.625. The summed E-state index contributed by atoms with van der Waals surface area (Å²) < 4.78 is 6.02. The summed E-state index contributed by atoms with van der Waals surface area (Å²) in [6, 6.07) is 6.93. The lowest BCUT2D eigenvalue weighted by Crippen LogP contribution is -2.33. The molecule has 1 atom stereocenters. The highest BCUT2D eigenvalue weighted by Crippen LogP contribution is 2.27. The Morgan fingerprint density at radius 1 is 1.22 bits per heavy atom. The van der Waals surface area contributed by atoms with Gasteiger partial charge >= 0.3 is 0 Å². The van der Waals surface area contributed by atoms with Crippen LogP contribution >= 0.6 is 0 Å². The minimum atomic E-state index is 0.440. The van der Waals surface area contributed by atoms with E-state index < -0.39 is 0 Å². The predicted molar refractivity (Wildman–Crippen MR) is 78.5 cm³/mol. The summed E-state index contributed by atoms with van der Waals surface area (Å²) in [5, 5.41) is 3.44. The van der Waals surface area contributed by atoms with Crippen molar-refractivity contribution in [2.45, 2.75) is 53.0 Å². The van der Waals surface area contributed by atoms with E-state index in [0.717, 1.165) is 25.3 Å². The molecule has 0 heterocycles. The van der Waals surface area contributed by atoms with Gasteiger partial charge in [0, 0.05) is 6.04 Å². The zero-order valence-corrected chi connectivity index (χ0v) is 12.4. The van der Waals surface area contributed by atoms with Crippen LogP contribution in [0.25, 0.3) is 0 Å². The Labute approximate surface area is 112 Å². The van der Waals surface area contributed by atoms with Crippen molar-refractivity contribution < 1.29 is 4.74 Å². The van der Waals surface area contributed by atoms with E-state index in [1.54, 1.807) is 0 Å². The molecule has 0 aliphatic heterocycles. The van der Waals surface area contributed by atoms with Crippen molar-refractivity contribution >= 4 is 0 Å². The summed E-state index contributed by atoms with van der Waals surface area (Å²) in [6.07, 6.45) is 1.09. The Morgan fingerprint density at radius 3 is 2.50 bits per heavy atom. The number of likely N-dealkylation sites (N-methyl/N-ethyl adjacent to an activating group) is 1. The van der Waals surface area contributed by atoms with Crippen molar-refractivity contribution in [1.82, 2.24) is 5.32 Å². The highest BCUT2D eigenvalue weighted by Gasteiger charge is 2.10. The maximum Gasteiger partial charge on any atom is 0.123 e. The zero-order valence-electron chi connectivity index (χ0n) is 12.4. The van der Waals surface area contributed by atoms with Gasteiger partial charge in [0.15, 0.2) is 0 Å². The third kappa shape index (κ3) is 4.34. The molecule has 0 saturated carbocycles. The van der Waals surface area contributed by atoms with Gasteiger partial charge in [0.1, 0.15) is 12.4 Å². The van der Waals surface area contributed by atoms with Crippen LogP contribution in [0.1, 0.15) is 51.2 Å². The SMILES string of the molecule is CCNC(CC)COc1cc(C)ccc1C(C)C. The normalized spacial score (nSPS) is 12.8. The number of hydrogen-bond acceptors (Lipinski definition) is 2. The lowest BCUT2D eigenvalue weighted by atomic mass is 10.0. The number of nitrogens with one attached hydrogen (secondary N) is 1. The number of rotatable bonds is 7. The van der Waals surface area contributed by atoms with Gasteiger partial charge in [-0.05, 0) is 43.0 Å². The van der Waals surface area contributed by atoms with Gasteiger partial charge < -0.3 is 10.1 Å². The van der Waals surface area contributed by atoms with Gasteiger partial charge in [-0.2, -0.15) is 0 Å². The van der Waals surface area contributed by atoms with Gasteiger partial charge in [0.25, 0.3) is 0 Å². The molecule has 0 spiro atoms. The molecule has 1 aromatic carbocycles. The highest BCUT2D eigenvalue weighted by molar-refractivity contribution is 5.39. The monoisotopic (exact) mass is 249 g/mol. The lowest BCUT2D eigenvalue weighted by molar-refractivity contribution is 0.259. The van der Waals surface area contributed by atoms with Gasteiger partial charge in [-0.1, -0.05) is 39.8 Å². The first-order valence-electron chi connectivity index (χ1n) is 7.05. The molecule has 0 aliphatic rings. The van der Waals surface area contributed by atoms with Crippen LogP contribution in [0.4, 0.5) is 0 Å². The second-order valence-corrected chi connectivity index (χ2v) is 5.17. The number of aryl methyl sites for hydroxylation is 1. The fourth-order valence-electron chi connectivity index (χ4n) is 2.04. The molecule has 1 unspecified atom stereocenters. The van der Waals surface area contributed by atoms with Crippen molar-refractivity contribution in [3.05, 3.63) is 29.3 Å². The van der Waals surface area contributed by atoms with Crippen LogP contribution in [0.3, 0.4) is 0 Å². The summed E-state index contributed by atoms with van der Waals surface area (Å²) >= 11 is 0. The topological polar surface area (TPSA) is 21.3 Å². The van der Waals surface area contributed by atoms with Crippen LogP contribution in [0, 0.1) is 6.92 Å². The number of ether oxygens (including phenoxy) is 1. The van der Waals surface area contributed by atoms with Crippen molar-refractivity contribution in [2.75, 3.05) is 13.2 Å². The summed E-state index contributed by atoms with van der Waals surface area (Å²) in [7, 11) is 0. The van der Waals surface area contributed by atoms with E-state index in [-0.39, 0.29) is 0 Å². The van der Waals surface area contributed by atoms with Crippen LogP contribution < -0.4 is 10.1 Å². The van der Waals surface area contributed by atoms with E-state index in [1.807, 2.05) is 0 Å². The summed E-state index contributed by atoms with van der Waals surface area (Å²) in [6.45, 7) is 12.6. The molecule has 0 saturated heterocycles. The minimum absolute atomic E-state index is 0.440. The van der Waals surface area contributed by atoms with Crippen LogP contribution in [-0.4, -0.2) is 19.2 Å². The molecule has 18 heavy (non-hydrogen) atoms. The van der Waals surface area contributed by atoms with Crippen LogP contribution in [-0.2, 0) is 0 Å². The van der Waals surface area contributed by atoms with E-state index in [1.165, 1.54) is 11.1 Å². The first kappa shape index (κ1) is 15.0. The second-order valence-electron chi connectivity index (χ2n) is 5.17. The molecule has 1 rings (SSSR count). The van der Waals surface area contributed by atoms with Crippen molar-refractivity contribution in [3.63, 3.8) is 0 Å². The molecule has 0 bridgehead atoms. The average molecular weight is 249 g/mol. The standard InChI is InChI=1S/C16H27NO/c1-6-14(17-7-2)11-18-16-10-13(5)8-9-15(16)12(3)4/h8-10,12,14,17H,6-7,11H2,1-5H3. The van der Waals surface area contributed by atoms with Crippen LogP contribution in [0.15, 0.2) is 18.2 Å². The molecule has 1 N–H and O–H groups in total. The summed E-state index contributed by atoms with van der Waals surface area (Å²) in [5.74, 6) is 1.54. The molecule has 102 valence electrons. The first-order valence-corrected chi connectivity index (χ1v) is 7.05. The van der Waals surface area contributed by atoms with E-state index >= 15 is 0 Å². The molecule has 0 radical (unpaired) electrons. The maximum atomic E-state index is 6.02. The zero-order chi connectivity index (χ0) is 13.5. The highest BCUT2D eigenvalue weighted by atomic mass is 16.5. The van der Waals surface area contributed by atoms with E-state index in [2.05, 4.69) is 58.1 Å². The van der Waals surface area contributed by atoms with Crippen molar-refractivity contribution in [1.29, 1.82) is 0 Å². The molecule has 2 nitrogen and oxygen atoms in total. The molecule has 0 aromatic heterocycles. The fourth-order valence-corrected chi connectivity index (χ4v) is 2.04. The quantitative estimate of drug-likeness (QED) is 0.791. The van der Waals surface area contributed by atoms with Gasteiger partial charge in [0.2, 0.25) is 0 Å². The predicted octanol–water partition coefficient (Wildman–Crippen LogP) is 3.89. The minimum Gasteiger partial charge on any atom is -0.492 e. The number of hydrogen-bond donors (Lipinski definition) is 1. The van der Waals surface area contributed by atoms with E-state index in [4.69, 9.17) is 4.74 Å². The maximum absolute atomic E-state index is 6.02. The van der Waals surface area contributed by atoms with Crippen LogP contribution in [0.5, 0.6) is 5.75 Å². The summed E-state index contributed by atoms with van der Waals surface area (Å²) in [4.78, 5) is 0. The lowest BCUT2D eigenvalue weighted by Gasteiger charge is -2.19.